The summed E-state index contributed by atoms with van der Waals surface area (Å²) in [4.78, 5) is 0. The molecule has 0 bridgehead atoms. The Balaban J connectivity index is 2.18. The van der Waals surface area contributed by atoms with Gasteiger partial charge in [-0.2, -0.15) is 0 Å². The molecule has 2 aromatic carbocycles. The monoisotopic (exact) mass is 335 g/mol. The van der Waals surface area contributed by atoms with Crippen LogP contribution in [0.3, 0.4) is 0 Å². The third-order valence-electron chi connectivity index (χ3n) is 3.31. The van der Waals surface area contributed by atoms with Gasteiger partial charge < -0.3 is 5.32 Å². The van der Waals surface area contributed by atoms with E-state index in [-0.39, 0.29) is 5.82 Å². The van der Waals surface area contributed by atoms with Crippen molar-refractivity contribution in [2.75, 3.05) is 6.54 Å². The van der Waals surface area contributed by atoms with Crippen LogP contribution >= 0.6 is 15.9 Å². The molecule has 0 saturated heterocycles. The van der Waals surface area contributed by atoms with E-state index in [1.54, 1.807) is 12.1 Å². The summed E-state index contributed by atoms with van der Waals surface area (Å²) in [6, 6.07) is 13.9. The number of halogens is 2. The van der Waals surface area contributed by atoms with Crippen LogP contribution in [0.25, 0.3) is 11.1 Å². The predicted molar refractivity (Wildman–Crippen MR) is 86.4 cm³/mol. The minimum Gasteiger partial charge on any atom is -0.314 e. The molecule has 0 aliphatic rings. The Bertz CT molecular complexity index is 566. The summed E-state index contributed by atoms with van der Waals surface area (Å²) in [6.45, 7) is 5.25. The first kappa shape index (κ1) is 15.2. The van der Waals surface area contributed by atoms with Crippen LogP contribution in [0.15, 0.2) is 46.9 Å². The molecule has 2 aromatic rings. The fraction of sp³-hybridized carbons (Fsp3) is 0.294. The average Bonchev–Trinajstić information content (AvgIpc) is 2.43. The van der Waals surface area contributed by atoms with Gasteiger partial charge in [0.05, 0.1) is 4.47 Å². The second-order valence-electron chi connectivity index (χ2n) is 4.96. The van der Waals surface area contributed by atoms with Gasteiger partial charge in [-0.25, -0.2) is 4.39 Å². The van der Waals surface area contributed by atoms with Crippen LogP contribution < -0.4 is 5.32 Å². The van der Waals surface area contributed by atoms with Crippen molar-refractivity contribution < 1.29 is 4.39 Å². The molecule has 1 unspecified atom stereocenters. The Morgan fingerprint density at radius 1 is 1.15 bits per heavy atom. The fourth-order valence-corrected chi connectivity index (χ4v) is 2.69. The molecule has 0 fully saturated rings. The smallest absolute Gasteiger partial charge is 0.145 e. The second-order valence-corrected chi connectivity index (χ2v) is 5.82. The van der Waals surface area contributed by atoms with Gasteiger partial charge in [0.2, 0.25) is 0 Å². The lowest BCUT2D eigenvalue weighted by Crippen LogP contribution is -2.27. The molecule has 0 saturated carbocycles. The molecular formula is C17H19BrFN. The van der Waals surface area contributed by atoms with Gasteiger partial charge in [-0.05, 0) is 53.0 Å². The average molecular weight is 336 g/mol. The van der Waals surface area contributed by atoms with Gasteiger partial charge in [-0.1, -0.05) is 43.3 Å². The first-order valence-corrected chi connectivity index (χ1v) is 7.67. The molecule has 0 aliphatic heterocycles. The number of hydrogen-bond acceptors (Lipinski definition) is 1. The molecule has 0 aliphatic carbocycles. The van der Waals surface area contributed by atoms with E-state index < -0.39 is 0 Å². The van der Waals surface area contributed by atoms with E-state index in [1.807, 2.05) is 18.2 Å². The van der Waals surface area contributed by atoms with Gasteiger partial charge >= 0.3 is 0 Å². The Morgan fingerprint density at radius 3 is 2.50 bits per heavy atom. The molecule has 0 radical (unpaired) electrons. The van der Waals surface area contributed by atoms with Crippen molar-refractivity contribution in [1.82, 2.24) is 5.32 Å². The summed E-state index contributed by atoms with van der Waals surface area (Å²) in [5, 5.41) is 3.39. The molecule has 1 nitrogen and oxygen atoms in total. The third-order valence-corrected chi connectivity index (χ3v) is 3.92. The topological polar surface area (TPSA) is 12.0 Å². The highest BCUT2D eigenvalue weighted by Crippen LogP contribution is 2.28. The van der Waals surface area contributed by atoms with Crippen LogP contribution in [0.5, 0.6) is 0 Å². The Kier molecular flexibility index (Phi) is 5.32. The van der Waals surface area contributed by atoms with Gasteiger partial charge in [0.15, 0.2) is 0 Å². The van der Waals surface area contributed by atoms with Crippen LogP contribution in [0.2, 0.25) is 0 Å². The lowest BCUT2D eigenvalue weighted by Gasteiger charge is -2.12. The maximum absolute atomic E-state index is 14.0. The molecule has 1 N–H and O–H groups in total. The summed E-state index contributed by atoms with van der Waals surface area (Å²) in [7, 11) is 0. The van der Waals surface area contributed by atoms with E-state index in [0.717, 1.165) is 18.5 Å². The highest BCUT2D eigenvalue weighted by molar-refractivity contribution is 9.10. The minimum absolute atomic E-state index is 0.207. The summed E-state index contributed by atoms with van der Waals surface area (Å²) in [5.41, 5.74) is 2.80. The zero-order valence-electron chi connectivity index (χ0n) is 11.8. The highest BCUT2D eigenvalue weighted by Gasteiger charge is 2.08. The van der Waals surface area contributed by atoms with Crippen LogP contribution in [0.1, 0.15) is 19.4 Å². The molecule has 20 heavy (non-hydrogen) atoms. The Morgan fingerprint density at radius 2 is 1.85 bits per heavy atom. The van der Waals surface area contributed by atoms with E-state index >= 15 is 0 Å². The SMILES string of the molecule is CCNC(C)Cc1ccc(-c2cccc(Br)c2F)cc1. The molecule has 0 aromatic heterocycles. The van der Waals surface area contributed by atoms with Crippen molar-refractivity contribution in [1.29, 1.82) is 0 Å². The second kappa shape index (κ2) is 7.00. The first-order valence-electron chi connectivity index (χ1n) is 6.88. The van der Waals surface area contributed by atoms with E-state index in [1.165, 1.54) is 5.56 Å². The van der Waals surface area contributed by atoms with Gasteiger partial charge in [0.25, 0.3) is 0 Å². The van der Waals surface area contributed by atoms with Crippen LogP contribution in [-0.2, 0) is 6.42 Å². The van der Waals surface area contributed by atoms with E-state index in [2.05, 4.69) is 47.2 Å². The normalized spacial score (nSPS) is 12.4. The molecule has 106 valence electrons. The molecular weight excluding hydrogens is 317 g/mol. The summed E-state index contributed by atoms with van der Waals surface area (Å²) in [5.74, 6) is -0.207. The van der Waals surface area contributed by atoms with Crippen LogP contribution in [0.4, 0.5) is 4.39 Å². The first-order chi connectivity index (χ1) is 9.61. The lowest BCUT2D eigenvalue weighted by atomic mass is 10.0. The summed E-state index contributed by atoms with van der Waals surface area (Å²) >= 11 is 3.22. The van der Waals surface area contributed by atoms with Gasteiger partial charge in [0.1, 0.15) is 5.82 Å². The maximum atomic E-state index is 14.0. The molecule has 1 atom stereocenters. The minimum atomic E-state index is -0.207. The largest absolute Gasteiger partial charge is 0.314 e. The van der Waals surface area contributed by atoms with E-state index in [4.69, 9.17) is 0 Å². The number of benzene rings is 2. The van der Waals surface area contributed by atoms with Crippen molar-refractivity contribution in [2.45, 2.75) is 26.3 Å². The van der Waals surface area contributed by atoms with Crippen LogP contribution in [0, 0.1) is 5.82 Å². The Hall–Kier alpha value is -1.19. The summed E-state index contributed by atoms with van der Waals surface area (Å²) in [6.07, 6.45) is 0.981. The van der Waals surface area contributed by atoms with Crippen molar-refractivity contribution in [3.05, 3.63) is 58.3 Å². The standard InChI is InChI=1S/C17H19BrFN/c1-3-20-12(2)11-13-7-9-14(10-8-13)15-5-4-6-16(18)17(15)19/h4-10,12,20H,3,11H2,1-2H3. The summed E-state index contributed by atoms with van der Waals surface area (Å²) < 4.78 is 14.5. The van der Waals surface area contributed by atoms with Gasteiger partial charge in [0, 0.05) is 11.6 Å². The quantitative estimate of drug-likeness (QED) is 0.827. The highest BCUT2D eigenvalue weighted by atomic mass is 79.9. The maximum Gasteiger partial charge on any atom is 0.145 e. The molecule has 3 heteroatoms. The predicted octanol–water partition coefficient (Wildman–Crippen LogP) is 4.80. The number of rotatable bonds is 5. The Labute approximate surface area is 128 Å². The number of hydrogen-bond donors (Lipinski definition) is 1. The van der Waals surface area contributed by atoms with Crippen LogP contribution in [-0.4, -0.2) is 12.6 Å². The molecule has 0 spiro atoms. The van der Waals surface area contributed by atoms with E-state index in [0.29, 0.717) is 16.1 Å². The van der Waals surface area contributed by atoms with Crippen molar-refractivity contribution in [3.8, 4) is 11.1 Å². The fourth-order valence-electron chi connectivity index (χ4n) is 2.32. The van der Waals surface area contributed by atoms with Crippen molar-refractivity contribution >= 4 is 15.9 Å². The number of likely N-dealkylation sites (N-methyl/N-ethyl adjacent to an activating group) is 1. The third kappa shape index (κ3) is 3.68. The van der Waals surface area contributed by atoms with E-state index in [9.17, 15) is 4.39 Å². The van der Waals surface area contributed by atoms with Crippen molar-refractivity contribution in [2.24, 2.45) is 0 Å². The zero-order chi connectivity index (χ0) is 14.5. The molecule has 2 rings (SSSR count). The lowest BCUT2D eigenvalue weighted by molar-refractivity contribution is 0.565. The number of nitrogens with one attached hydrogen (secondary N) is 1. The van der Waals surface area contributed by atoms with Crippen molar-refractivity contribution in [3.63, 3.8) is 0 Å². The van der Waals surface area contributed by atoms with Gasteiger partial charge in [-0.15, -0.1) is 0 Å². The molecule has 0 heterocycles. The zero-order valence-corrected chi connectivity index (χ0v) is 13.4. The van der Waals surface area contributed by atoms with Gasteiger partial charge in [-0.3, -0.25) is 0 Å². The molecule has 0 amide bonds.